The van der Waals surface area contributed by atoms with Crippen LogP contribution in [0.4, 0.5) is 5.69 Å². The molecule has 2 N–H and O–H groups in total. The number of aromatic nitrogens is 2. The Labute approximate surface area is 208 Å². The van der Waals surface area contributed by atoms with Crippen molar-refractivity contribution in [3.63, 3.8) is 0 Å². The van der Waals surface area contributed by atoms with Gasteiger partial charge >= 0.3 is 0 Å². The van der Waals surface area contributed by atoms with Gasteiger partial charge in [-0.2, -0.15) is 0 Å². The van der Waals surface area contributed by atoms with Crippen LogP contribution in [-0.2, 0) is 6.54 Å². The van der Waals surface area contributed by atoms with E-state index >= 15 is 0 Å². The smallest absolute Gasteiger partial charge is 0.257 e. The Morgan fingerprint density at radius 1 is 0.917 bits per heavy atom. The lowest BCUT2D eigenvalue weighted by molar-refractivity contribution is 0.0949. The zero-order valence-electron chi connectivity index (χ0n) is 20.1. The van der Waals surface area contributed by atoms with Crippen molar-refractivity contribution < 1.29 is 19.1 Å². The van der Waals surface area contributed by atoms with Crippen molar-refractivity contribution >= 4 is 17.5 Å². The van der Waals surface area contributed by atoms with Gasteiger partial charge in [0, 0.05) is 40.6 Å². The Balaban J connectivity index is 1.31. The molecule has 0 atom stereocenters. The minimum absolute atomic E-state index is 0.242. The first kappa shape index (κ1) is 23.2. The molecule has 0 bridgehead atoms. The van der Waals surface area contributed by atoms with E-state index in [1.807, 2.05) is 60.9 Å². The van der Waals surface area contributed by atoms with Crippen LogP contribution in [0.1, 0.15) is 37.8 Å². The van der Waals surface area contributed by atoms with Crippen molar-refractivity contribution in [3.05, 3.63) is 101 Å². The summed E-state index contributed by atoms with van der Waals surface area (Å²) in [5.74, 6) is 0.913. The van der Waals surface area contributed by atoms with E-state index in [1.165, 1.54) is 0 Å². The molecule has 3 heterocycles. The minimum atomic E-state index is -0.252. The summed E-state index contributed by atoms with van der Waals surface area (Å²) < 4.78 is 13.3. The lowest BCUT2D eigenvalue weighted by atomic mass is 10.1. The second kappa shape index (κ2) is 9.95. The van der Waals surface area contributed by atoms with E-state index in [9.17, 15) is 9.59 Å². The Bertz CT molecular complexity index is 1430. The molecular weight excluding hydrogens is 456 g/mol. The quantitative estimate of drug-likeness (QED) is 0.424. The van der Waals surface area contributed by atoms with Gasteiger partial charge in [-0.25, -0.2) is 0 Å². The number of ether oxygens (including phenoxy) is 2. The zero-order chi connectivity index (χ0) is 25.1. The Morgan fingerprint density at radius 3 is 2.56 bits per heavy atom. The molecule has 0 fully saturated rings. The molecule has 4 aromatic rings. The van der Waals surface area contributed by atoms with Gasteiger partial charge < -0.3 is 24.7 Å². The second-order valence-electron chi connectivity index (χ2n) is 8.49. The first-order chi connectivity index (χ1) is 17.5. The summed E-state index contributed by atoms with van der Waals surface area (Å²) in [6, 6.07) is 20.0. The third-order valence-corrected chi connectivity index (χ3v) is 6.00. The predicted octanol–water partition coefficient (Wildman–Crippen LogP) is 4.44. The third kappa shape index (κ3) is 4.79. The van der Waals surface area contributed by atoms with Gasteiger partial charge in [-0.05, 0) is 62.4 Å². The van der Waals surface area contributed by atoms with Crippen molar-refractivity contribution in [2.75, 3.05) is 18.5 Å². The maximum atomic E-state index is 13.2. The van der Waals surface area contributed by atoms with Crippen LogP contribution >= 0.6 is 0 Å². The van der Waals surface area contributed by atoms with E-state index < -0.39 is 0 Å². The molecule has 2 amide bonds. The van der Waals surface area contributed by atoms with Crippen LogP contribution in [-0.4, -0.2) is 34.6 Å². The summed E-state index contributed by atoms with van der Waals surface area (Å²) in [5, 5.41) is 5.77. The van der Waals surface area contributed by atoms with E-state index in [0.29, 0.717) is 42.3 Å². The maximum absolute atomic E-state index is 13.2. The van der Waals surface area contributed by atoms with E-state index in [0.717, 1.165) is 28.5 Å². The molecule has 36 heavy (non-hydrogen) atoms. The number of carbonyl (C=O) groups is 2. The number of carbonyl (C=O) groups excluding carboxylic acids is 2. The van der Waals surface area contributed by atoms with Gasteiger partial charge in [-0.15, -0.1) is 0 Å². The van der Waals surface area contributed by atoms with Crippen LogP contribution in [0, 0.1) is 13.8 Å². The van der Waals surface area contributed by atoms with Crippen LogP contribution in [0.2, 0.25) is 0 Å². The maximum Gasteiger partial charge on any atom is 0.257 e. The van der Waals surface area contributed by atoms with Crippen molar-refractivity contribution in [3.8, 4) is 17.2 Å². The normalized spacial score (nSPS) is 12.2. The van der Waals surface area contributed by atoms with E-state index in [2.05, 4.69) is 15.6 Å². The number of nitrogens with one attached hydrogen (secondary N) is 2. The molecule has 8 nitrogen and oxygen atoms in total. The summed E-state index contributed by atoms with van der Waals surface area (Å²) >= 11 is 0. The number of amides is 2. The highest BCUT2D eigenvalue weighted by Gasteiger charge is 2.19. The molecule has 5 rings (SSSR count). The Kier molecular flexibility index (Phi) is 6.40. The van der Waals surface area contributed by atoms with Gasteiger partial charge in [0.15, 0.2) is 11.5 Å². The van der Waals surface area contributed by atoms with Crippen LogP contribution < -0.4 is 20.1 Å². The molecule has 1 aliphatic rings. The predicted molar refractivity (Wildman–Crippen MR) is 136 cm³/mol. The number of benzene rings is 2. The highest BCUT2D eigenvalue weighted by Crippen LogP contribution is 2.33. The average molecular weight is 483 g/mol. The van der Waals surface area contributed by atoms with E-state index in [-0.39, 0.29) is 11.8 Å². The fourth-order valence-corrected chi connectivity index (χ4v) is 4.27. The third-order valence-electron chi connectivity index (χ3n) is 6.00. The van der Waals surface area contributed by atoms with Crippen LogP contribution in [0.15, 0.2) is 72.9 Å². The van der Waals surface area contributed by atoms with Crippen molar-refractivity contribution in [2.45, 2.75) is 20.4 Å². The van der Waals surface area contributed by atoms with Gasteiger partial charge in [0.1, 0.15) is 13.2 Å². The molecule has 0 saturated heterocycles. The second-order valence-corrected chi connectivity index (χ2v) is 8.49. The summed E-state index contributed by atoms with van der Waals surface area (Å²) in [5.41, 5.74) is 4.90. The lowest BCUT2D eigenvalue weighted by Crippen LogP contribution is -2.23. The highest BCUT2D eigenvalue weighted by atomic mass is 16.6. The fraction of sp³-hybridized carbons (Fsp3) is 0.179. The number of rotatable bonds is 6. The monoisotopic (exact) mass is 482 g/mol. The number of aryl methyl sites for hydroxylation is 1. The van der Waals surface area contributed by atoms with Gasteiger partial charge in [0.25, 0.3) is 11.8 Å². The van der Waals surface area contributed by atoms with E-state index in [4.69, 9.17) is 9.47 Å². The molecule has 182 valence electrons. The molecule has 0 saturated carbocycles. The first-order valence-electron chi connectivity index (χ1n) is 11.7. The number of fused-ring (bicyclic) bond motifs is 1. The number of anilines is 1. The Morgan fingerprint density at radius 2 is 1.75 bits per heavy atom. The van der Waals surface area contributed by atoms with Gasteiger partial charge in [0.2, 0.25) is 0 Å². The van der Waals surface area contributed by atoms with Crippen LogP contribution in [0.5, 0.6) is 11.5 Å². The molecule has 2 aromatic carbocycles. The summed E-state index contributed by atoms with van der Waals surface area (Å²) in [6.45, 7) is 5.22. The fourth-order valence-electron chi connectivity index (χ4n) is 4.27. The molecule has 2 aromatic heterocycles. The average Bonchev–Trinajstić information content (AvgIpc) is 3.21. The number of hydrogen-bond donors (Lipinski definition) is 2. The molecule has 8 heteroatoms. The highest BCUT2D eigenvalue weighted by molar-refractivity contribution is 6.06. The Hall–Kier alpha value is -4.59. The molecule has 0 unspecified atom stereocenters. The van der Waals surface area contributed by atoms with Gasteiger partial charge in [-0.3, -0.25) is 14.6 Å². The zero-order valence-corrected chi connectivity index (χ0v) is 20.1. The van der Waals surface area contributed by atoms with Crippen molar-refractivity contribution in [1.82, 2.24) is 14.9 Å². The number of nitrogens with zero attached hydrogens (tertiary/aromatic N) is 2. The SMILES string of the molecule is Cc1cc(C(=O)Nc2cccc(C(=O)NCc3ccccn3)c2)c(C)n1-c1ccc2c(c1)OCCO2. The van der Waals surface area contributed by atoms with Gasteiger partial charge in [0.05, 0.1) is 17.8 Å². The summed E-state index contributed by atoms with van der Waals surface area (Å²) in [6.07, 6.45) is 1.68. The van der Waals surface area contributed by atoms with Crippen molar-refractivity contribution in [2.24, 2.45) is 0 Å². The summed E-state index contributed by atoms with van der Waals surface area (Å²) in [4.78, 5) is 30.0. The molecule has 0 radical (unpaired) electrons. The topological polar surface area (TPSA) is 94.5 Å². The first-order valence-corrected chi connectivity index (χ1v) is 11.7. The van der Waals surface area contributed by atoms with Crippen LogP contribution in [0.25, 0.3) is 5.69 Å². The van der Waals surface area contributed by atoms with E-state index in [1.54, 1.807) is 30.5 Å². The molecule has 0 aliphatic carbocycles. The number of pyridine rings is 1. The van der Waals surface area contributed by atoms with Gasteiger partial charge in [-0.1, -0.05) is 12.1 Å². The number of hydrogen-bond acceptors (Lipinski definition) is 5. The lowest BCUT2D eigenvalue weighted by Gasteiger charge is -2.20. The summed E-state index contributed by atoms with van der Waals surface area (Å²) in [7, 11) is 0. The van der Waals surface area contributed by atoms with Crippen molar-refractivity contribution in [1.29, 1.82) is 0 Å². The largest absolute Gasteiger partial charge is 0.486 e. The van der Waals surface area contributed by atoms with Crippen LogP contribution in [0.3, 0.4) is 0 Å². The molecule has 1 aliphatic heterocycles. The molecular formula is C28H26N4O4. The molecule has 0 spiro atoms. The minimum Gasteiger partial charge on any atom is -0.486 e. The standard InChI is InChI=1S/C28H26N4O4/c1-18-14-24(19(2)32(18)23-9-10-25-26(16-23)36-13-12-35-25)28(34)31-21-8-5-6-20(15-21)27(33)30-17-22-7-3-4-11-29-22/h3-11,14-16H,12-13,17H2,1-2H3,(H,30,33)(H,31,34).